The summed E-state index contributed by atoms with van der Waals surface area (Å²) in [6, 6.07) is 12.8. The van der Waals surface area contributed by atoms with Crippen molar-refractivity contribution in [2.45, 2.75) is 32.1 Å². The van der Waals surface area contributed by atoms with Crippen LogP contribution in [0.2, 0.25) is 0 Å². The normalized spacial score (nSPS) is 12.0. The number of halogens is 1. The van der Waals surface area contributed by atoms with Gasteiger partial charge < -0.3 is 0 Å². The highest BCUT2D eigenvalue weighted by Gasteiger charge is 2.26. The van der Waals surface area contributed by atoms with Crippen LogP contribution in [0.15, 0.2) is 52.0 Å². The van der Waals surface area contributed by atoms with Crippen molar-refractivity contribution in [3.8, 4) is 0 Å². The van der Waals surface area contributed by atoms with E-state index in [-0.39, 0.29) is 10.8 Å². The lowest BCUT2D eigenvalue weighted by molar-refractivity contribution is 0.578. The van der Waals surface area contributed by atoms with Gasteiger partial charge in [-0.15, -0.1) is 0 Å². The molecule has 3 aromatic rings. The average molecular weight is 436 g/mol. The number of anilines is 1. The topological polar surface area (TPSA) is 66.1 Å². The molecule has 0 aliphatic carbocycles. The number of hydrogen-bond acceptors (Lipinski definition) is 3. The van der Waals surface area contributed by atoms with Crippen LogP contribution >= 0.6 is 15.9 Å². The number of nitrogens with zero attached hydrogens (tertiary/aromatic N) is 2. The Labute approximate surface area is 162 Å². The number of aryl methyl sites for hydroxylation is 1. The maximum atomic E-state index is 13.4. The van der Waals surface area contributed by atoms with Gasteiger partial charge in [0.15, 0.2) is 0 Å². The number of fused-ring (bicyclic) bond motifs is 1. The minimum Gasteiger partial charge on any atom is -0.277 e. The van der Waals surface area contributed by atoms with Crippen LogP contribution in [0.4, 0.5) is 5.69 Å². The van der Waals surface area contributed by atoms with Crippen molar-refractivity contribution in [2.24, 2.45) is 5.92 Å². The second kappa shape index (κ2) is 7.40. The standard InChI is InChI=1S/C19H22BrN3O2S/c1-4-14-5-7-15(8-6-14)23(12-13(2)3)26(24,25)16-9-10-17-18(11-16)21-22-19(17)20/h5-11,13H,4,12H2,1-3H3,(H,21,22). The summed E-state index contributed by atoms with van der Waals surface area (Å²) in [5.41, 5.74) is 2.55. The van der Waals surface area contributed by atoms with Gasteiger partial charge in [-0.25, -0.2) is 8.42 Å². The number of aromatic nitrogens is 2. The summed E-state index contributed by atoms with van der Waals surface area (Å²) < 4.78 is 28.9. The molecular formula is C19H22BrN3O2S. The molecular weight excluding hydrogens is 414 g/mol. The largest absolute Gasteiger partial charge is 0.277 e. The van der Waals surface area contributed by atoms with E-state index in [1.165, 1.54) is 9.87 Å². The third-order valence-corrected chi connectivity index (χ3v) is 6.63. The van der Waals surface area contributed by atoms with Crippen LogP contribution in [0.5, 0.6) is 0 Å². The van der Waals surface area contributed by atoms with Gasteiger partial charge in [-0.2, -0.15) is 5.10 Å². The highest BCUT2D eigenvalue weighted by molar-refractivity contribution is 9.10. The molecule has 1 N–H and O–H groups in total. The minimum atomic E-state index is -3.68. The monoisotopic (exact) mass is 435 g/mol. The van der Waals surface area contributed by atoms with Gasteiger partial charge in [0, 0.05) is 11.9 Å². The van der Waals surface area contributed by atoms with Crippen molar-refractivity contribution in [3.05, 3.63) is 52.6 Å². The van der Waals surface area contributed by atoms with Gasteiger partial charge in [0.25, 0.3) is 10.0 Å². The van der Waals surface area contributed by atoms with E-state index in [9.17, 15) is 8.42 Å². The first-order valence-corrected chi connectivity index (χ1v) is 10.8. The van der Waals surface area contributed by atoms with Crippen LogP contribution in [-0.2, 0) is 16.4 Å². The molecule has 0 spiro atoms. The van der Waals surface area contributed by atoms with Gasteiger partial charge in [0.05, 0.1) is 16.1 Å². The fourth-order valence-corrected chi connectivity index (χ4v) is 4.91. The number of nitrogens with one attached hydrogen (secondary N) is 1. The van der Waals surface area contributed by atoms with E-state index in [0.29, 0.717) is 22.4 Å². The summed E-state index contributed by atoms with van der Waals surface area (Å²) in [5.74, 6) is 0.195. The summed E-state index contributed by atoms with van der Waals surface area (Å²) in [6.45, 7) is 6.52. The first-order valence-electron chi connectivity index (χ1n) is 8.58. The van der Waals surface area contributed by atoms with Crippen molar-refractivity contribution in [1.82, 2.24) is 10.2 Å². The number of hydrogen-bond donors (Lipinski definition) is 1. The van der Waals surface area contributed by atoms with E-state index in [1.807, 2.05) is 38.1 Å². The maximum absolute atomic E-state index is 13.4. The van der Waals surface area contributed by atoms with Gasteiger partial charge in [0.2, 0.25) is 0 Å². The summed E-state index contributed by atoms with van der Waals surface area (Å²) in [4.78, 5) is 0.251. The molecule has 0 aliphatic heterocycles. The summed E-state index contributed by atoms with van der Waals surface area (Å²) in [6.07, 6.45) is 0.919. The molecule has 5 nitrogen and oxygen atoms in total. The number of H-pyrrole nitrogens is 1. The van der Waals surface area contributed by atoms with Crippen molar-refractivity contribution in [3.63, 3.8) is 0 Å². The molecule has 2 aromatic carbocycles. The van der Waals surface area contributed by atoms with Crippen LogP contribution in [0, 0.1) is 5.92 Å². The van der Waals surface area contributed by atoms with E-state index in [1.54, 1.807) is 18.2 Å². The summed E-state index contributed by atoms with van der Waals surface area (Å²) in [5, 5.41) is 7.78. The van der Waals surface area contributed by atoms with Gasteiger partial charge in [0.1, 0.15) is 4.60 Å². The second-order valence-corrected chi connectivity index (χ2v) is 9.29. The van der Waals surface area contributed by atoms with Crippen LogP contribution in [-0.4, -0.2) is 25.2 Å². The fraction of sp³-hybridized carbons (Fsp3) is 0.316. The lowest BCUT2D eigenvalue weighted by Crippen LogP contribution is -2.34. The predicted octanol–water partition coefficient (Wildman–Crippen LogP) is 4.74. The lowest BCUT2D eigenvalue weighted by atomic mass is 10.1. The molecule has 0 amide bonds. The highest BCUT2D eigenvalue weighted by Crippen LogP contribution is 2.29. The van der Waals surface area contributed by atoms with Gasteiger partial charge in [-0.05, 0) is 64.2 Å². The Kier molecular flexibility index (Phi) is 5.39. The molecule has 0 unspecified atom stereocenters. The smallest absolute Gasteiger partial charge is 0.264 e. The molecule has 0 saturated carbocycles. The SMILES string of the molecule is CCc1ccc(N(CC(C)C)S(=O)(=O)c2ccc3c(Br)n[nH]c3c2)cc1. The van der Waals surface area contributed by atoms with Crippen molar-refractivity contribution in [2.75, 3.05) is 10.8 Å². The first-order chi connectivity index (χ1) is 12.3. The molecule has 0 fully saturated rings. The predicted molar refractivity (Wildman–Crippen MR) is 109 cm³/mol. The van der Waals surface area contributed by atoms with Crippen LogP contribution < -0.4 is 4.31 Å². The zero-order chi connectivity index (χ0) is 18.9. The Balaban J connectivity index is 2.07. The van der Waals surface area contributed by atoms with E-state index in [0.717, 1.165) is 11.8 Å². The third-order valence-electron chi connectivity index (χ3n) is 4.24. The number of sulfonamides is 1. The Morgan fingerprint density at radius 2 is 1.85 bits per heavy atom. The quantitative estimate of drug-likeness (QED) is 0.607. The van der Waals surface area contributed by atoms with Crippen molar-refractivity contribution in [1.29, 1.82) is 0 Å². The maximum Gasteiger partial charge on any atom is 0.264 e. The molecule has 138 valence electrons. The zero-order valence-electron chi connectivity index (χ0n) is 15.0. The Hall–Kier alpha value is -1.86. The summed E-state index contributed by atoms with van der Waals surface area (Å²) in [7, 11) is -3.68. The second-order valence-electron chi connectivity index (χ2n) is 6.67. The number of aromatic amines is 1. The van der Waals surface area contributed by atoms with Gasteiger partial charge in [-0.1, -0.05) is 32.9 Å². The molecule has 26 heavy (non-hydrogen) atoms. The molecule has 7 heteroatoms. The average Bonchev–Trinajstić information content (AvgIpc) is 3.00. The Bertz CT molecular complexity index is 1010. The third kappa shape index (κ3) is 3.64. The van der Waals surface area contributed by atoms with Crippen LogP contribution in [0.3, 0.4) is 0 Å². The molecule has 3 rings (SSSR count). The van der Waals surface area contributed by atoms with Gasteiger partial charge in [-0.3, -0.25) is 9.40 Å². The number of rotatable bonds is 6. The zero-order valence-corrected chi connectivity index (χ0v) is 17.4. The first kappa shape index (κ1) is 18.9. The Morgan fingerprint density at radius 3 is 2.46 bits per heavy atom. The van der Waals surface area contributed by atoms with Crippen molar-refractivity contribution < 1.29 is 8.42 Å². The highest BCUT2D eigenvalue weighted by atomic mass is 79.9. The fourth-order valence-electron chi connectivity index (χ4n) is 2.82. The van der Waals surface area contributed by atoms with Crippen molar-refractivity contribution >= 4 is 42.5 Å². The molecule has 0 atom stereocenters. The number of benzene rings is 2. The van der Waals surface area contributed by atoms with Crippen LogP contribution in [0.1, 0.15) is 26.3 Å². The molecule has 0 aliphatic rings. The molecule has 0 radical (unpaired) electrons. The van der Waals surface area contributed by atoms with E-state index >= 15 is 0 Å². The molecule has 1 aromatic heterocycles. The lowest BCUT2D eigenvalue weighted by Gasteiger charge is -2.26. The van der Waals surface area contributed by atoms with E-state index in [4.69, 9.17) is 0 Å². The van der Waals surface area contributed by atoms with Crippen LogP contribution in [0.25, 0.3) is 10.9 Å². The molecule has 1 heterocycles. The molecule has 0 saturated heterocycles. The van der Waals surface area contributed by atoms with Gasteiger partial charge >= 0.3 is 0 Å². The van der Waals surface area contributed by atoms with E-state index in [2.05, 4.69) is 33.1 Å². The Morgan fingerprint density at radius 1 is 1.15 bits per heavy atom. The minimum absolute atomic E-state index is 0.195. The summed E-state index contributed by atoms with van der Waals surface area (Å²) >= 11 is 3.35. The van der Waals surface area contributed by atoms with E-state index < -0.39 is 10.0 Å². The molecule has 0 bridgehead atoms.